The Morgan fingerprint density at radius 3 is 2.00 bits per heavy atom. The molecule has 1 unspecified atom stereocenters. The maximum atomic E-state index is 12.6. The number of carbonyl (C=O) groups excluding carboxylic acids is 5. The summed E-state index contributed by atoms with van der Waals surface area (Å²) in [4.78, 5) is 60.4. The van der Waals surface area contributed by atoms with E-state index in [1.807, 2.05) is 4.90 Å². The van der Waals surface area contributed by atoms with Gasteiger partial charge in [0.2, 0.25) is 0 Å². The third-order valence-corrected chi connectivity index (χ3v) is 4.43. The molecule has 7 nitrogen and oxygen atoms in total. The molecule has 3 rings (SSSR count). The average Bonchev–Trinajstić information content (AvgIpc) is 3.07. The molecule has 1 atom stereocenters. The van der Waals surface area contributed by atoms with Crippen LogP contribution in [0.15, 0.2) is 12.1 Å². The molecular weight excluding hydrogens is 312 g/mol. The second-order valence-electron chi connectivity index (χ2n) is 5.93. The fourth-order valence-corrected chi connectivity index (χ4v) is 3.26. The summed E-state index contributed by atoms with van der Waals surface area (Å²) in [6, 6.07) is 2.43. The van der Waals surface area contributed by atoms with Crippen LogP contribution < -0.4 is 0 Å². The van der Waals surface area contributed by atoms with Crippen molar-refractivity contribution in [3.05, 3.63) is 34.4 Å². The quantitative estimate of drug-likeness (QED) is 0.529. The van der Waals surface area contributed by atoms with Gasteiger partial charge in [-0.1, -0.05) is 0 Å². The van der Waals surface area contributed by atoms with Gasteiger partial charge in [0, 0.05) is 19.5 Å². The minimum atomic E-state index is -0.927. The lowest BCUT2D eigenvalue weighted by Crippen LogP contribution is -2.40. The van der Waals surface area contributed by atoms with Gasteiger partial charge < -0.3 is 14.4 Å². The molecule has 2 heterocycles. The van der Waals surface area contributed by atoms with Crippen molar-refractivity contribution in [2.24, 2.45) is 0 Å². The fraction of sp³-hybridized carbons (Fsp3) is 0.353. The molecule has 0 aromatic heterocycles. The Morgan fingerprint density at radius 1 is 0.958 bits per heavy atom. The van der Waals surface area contributed by atoms with Crippen LogP contribution in [0.3, 0.4) is 0 Å². The molecule has 0 spiro atoms. The molecule has 0 radical (unpaired) electrons. The zero-order chi connectivity index (χ0) is 17.3. The number of benzene rings is 1. The van der Waals surface area contributed by atoms with Gasteiger partial charge in [-0.2, -0.15) is 0 Å². The van der Waals surface area contributed by atoms with Crippen LogP contribution in [0.4, 0.5) is 0 Å². The van der Waals surface area contributed by atoms with E-state index in [2.05, 4.69) is 0 Å². The fourth-order valence-electron chi connectivity index (χ4n) is 3.26. The van der Waals surface area contributed by atoms with E-state index in [4.69, 9.17) is 0 Å². The van der Waals surface area contributed by atoms with Crippen LogP contribution in [0.25, 0.3) is 0 Å². The Hall–Kier alpha value is -2.67. The largest absolute Gasteiger partial charge is 0.303 e. The number of imide groups is 1. The number of hydrogen-bond acceptors (Lipinski definition) is 6. The number of aldehydes is 3. The summed E-state index contributed by atoms with van der Waals surface area (Å²) in [5.41, 5.74) is 2.39. The van der Waals surface area contributed by atoms with Crippen molar-refractivity contribution in [2.45, 2.75) is 32.0 Å². The molecule has 124 valence electrons. The van der Waals surface area contributed by atoms with Gasteiger partial charge in [0.1, 0.15) is 18.9 Å². The SMILES string of the molecule is O=CCCC(C=O)N1C(=O)c2cc3c(cc2C1=O)CN(CC=O)C3. The van der Waals surface area contributed by atoms with Crippen LogP contribution in [-0.2, 0) is 27.5 Å². The molecule has 1 aromatic rings. The minimum Gasteiger partial charge on any atom is -0.303 e. The summed E-state index contributed by atoms with van der Waals surface area (Å²) in [6.07, 6.45) is 2.24. The molecule has 1 aromatic carbocycles. The van der Waals surface area contributed by atoms with Crippen LogP contribution in [0.1, 0.15) is 44.7 Å². The second-order valence-corrected chi connectivity index (χ2v) is 5.93. The summed E-state index contributed by atoms with van der Waals surface area (Å²) >= 11 is 0. The Kier molecular flexibility index (Phi) is 4.35. The summed E-state index contributed by atoms with van der Waals surface area (Å²) < 4.78 is 0. The van der Waals surface area contributed by atoms with E-state index in [9.17, 15) is 24.0 Å². The van der Waals surface area contributed by atoms with E-state index in [1.165, 1.54) is 0 Å². The van der Waals surface area contributed by atoms with E-state index in [0.717, 1.165) is 22.3 Å². The lowest BCUT2D eigenvalue weighted by molar-refractivity contribution is -0.112. The van der Waals surface area contributed by atoms with Crippen molar-refractivity contribution in [2.75, 3.05) is 6.54 Å². The first-order valence-corrected chi connectivity index (χ1v) is 7.69. The smallest absolute Gasteiger partial charge is 0.262 e. The molecule has 7 heteroatoms. The van der Waals surface area contributed by atoms with Crippen LogP contribution in [0, 0.1) is 0 Å². The second kappa shape index (κ2) is 6.45. The third kappa shape index (κ3) is 2.56. The molecule has 0 saturated carbocycles. The average molecular weight is 328 g/mol. The first-order chi connectivity index (χ1) is 11.6. The first kappa shape index (κ1) is 16.2. The predicted octanol–water partition coefficient (Wildman–Crippen LogP) is 0.344. The zero-order valence-corrected chi connectivity index (χ0v) is 12.9. The van der Waals surface area contributed by atoms with E-state index in [-0.39, 0.29) is 24.0 Å². The van der Waals surface area contributed by atoms with E-state index in [0.29, 0.717) is 32.2 Å². The van der Waals surface area contributed by atoms with Crippen LogP contribution in [-0.4, -0.2) is 53.1 Å². The highest BCUT2D eigenvalue weighted by atomic mass is 16.2. The summed E-state index contributed by atoms with van der Waals surface area (Å²) in [5.74, 6) is -1.01. The van der Waals surface area contributed by atoms with E-state index in [1.54, 1.807) is 12.1 Å². The topological polar surface area (TPSA) is 91.8 Å². The van der Waals surface area contributed by atoms with Gasteiger partial charge in [-0.15, -0.1) is 0 Å². The molecule has 2 aliphatic heterocycles. The first-order valence-electron chi connectivity index (χ1n) is 7.69. The van der Waals surface area contributed by atoms with Crippen molar-refractivity contribution in [1.82, 2.24) is 9.80 Å². The maximum absolute atomic E-state index is 12.6. The molecule has 0 fully saturated rings. The monoisotopic (exact) mass is 328 g/mol. The Labute approximate surface area is 138 Å². The normalized spacial score (nSPS) is 17.6. The Bertz CT molecular complexity index is 698. The number of amides is 2. The molecule has 0 bridgehead atoms. The molecule has 0 N–H and O–H groups in total. The highest BCUT2D eigenvalue weighted by Gasteiger charge is 2.41. The van der Waals surface area contributed by atoms with E-state index < -0.39 is 17.9 Å². The van der Waals surface area contributed by atoms with Gasteiger partial charge in [0.05, 0.1) is 23.7 Å². The number of hydrogen-bond donors (Lipinski definition) is 0. The summed E-state index contributed by atoms with van der Waals surface area (Å²) in [5, 5.41) is 0. The molecule has 2 amide bonds. The number of nitrogens with zero attached hydrogens (tertiary/aromatic N) is 2. The lowest BCUT2D eigenvalue weighted by Gasteiger charge is -2.20. The number of carbonyl (C=O) groups is 5. The van der Waals surface area contributed by atoms with Crippen LogP contribution >= 0.6 is 0 Å². The number of fused-ring (bicyclic) bond motifs is 2. The molecule has 0 saturated heterocycles. The van der Waals surface area contributed by atoms with Gasteiger partial charge in [-0.25, -0.2) is 0 Å². The minimum absolute atomic E-state index is 0.105. The van der Waals surface area contributed by atoms with Crippen molar-refractivity contribution in [3.8, 4) is 0 Å². The molecule has 2 aliphatic rings. The van der Waals surface area contributed by atoms with Crippen molar-refractivity contribution in [3.63, 3.8) is 0 Å². The van der Waals surface area contributed by atoms with Gasteiger partial charge in [-0.05, 0) is 29.7 Å². The van der Waals surface area contributed by atoms with Crippen molar-refractivity contribution >= 4 is 30.7 Å². The summed E-state index contributed by atoms with van der Waals surface area (Å²) in [7, 11) is 0. The highest BCUT2D eigenvalue weighted by Crippen LogP contribution is 2.32. The predicted molar refractivity (Wildman–Crippen MR) is 82.3 cm³/mol. The zero-order valence-electron chi connectivity index (χ0n) is 12.9. The van der Waals surface area contributed by atoms with Crippen LogP contribution in [0.2, 0.25) is 0 Å². The Balaban J connectivity index is 1.90. The number of rotatable bonds is 7. The summed E-state index contributed by atoms with van der Waals surface area (Å²) in [6.45, 7) is 1.39. The molecular formula is C17H16N2O5. The van der Waals surface area contributed by atoms with Gasteiger partial charge >= 0.3 is 0 Å². The standard InChI is InChI=1S/C17H16N2O5/c20-4-1-2-13(10-22)19-16(23)14-6-11-8-18(3-5-21)9-12(11)7-15(14)17(19)24/h4-7,10,13H,1-3,8-9H2. The van der Waals surface area contributed by atoms with Crippen molar-refractivity contribution in [1.29, 1.82) is 0 Å². The van der Waals surface area contributed by atoms with Crippen LogP contribution in [0.5, 0.6) is 0 Å². The maximum Gasteiger partial charge on any atom is 0.262 e. The van der Waals surface area contributed by atoms with E-state index >= 15 is 0 Å². The molecule has 24 heavy (non-hydrogen) atoms. The van der Waals surface area contributed by atoms with Gasteiger partial charge in [0.25, 0.3) is 11.8 Å². The lowest BCUT2D eigenvalue weighted by atomic mass is 10.0. The Morgan fingerprint density at radius 2 is 1.54 bits per heavy atom. The highest BCUT2D eigenvalue weighted by molar-refractivity contribution is 6.22. The molecule has 0 aliphatic carbocycles. The van der Waals surface area contributed by atoms with Crippen molar-refractivity contribution < 1.29 is 24.0 Å². The van der Waals surface area contributed by atoms with Gasteiger partial charge in [0.15, 0.2) is 0 Å². The van der Waals surface area contributed by atoms with Gasteiger partial charge in [-0.3, -0.25) is 19.4 Å². The third-order valence-electron chi connectivity index (χ3n) is 4.43.